The van der Waals surface area contributed by atoms with Crippen molar-refractivity contribution in [2.45, 2.75) is 6.92 Å². The summed E-state index contributed by atoms with van der Waals surface area (Å²) in [5.74, 6) is -1.20. The third kappa shape index (κ3) is 1.67. The van der Waals surface area contributed by atoms with Crippen molar-refractivity contribution < 1.29 is 14.0 Å². The maximum atomic E-state index is 13.2. The van der Waals surface area contributed by atoms with Crippen molar-refractivity contribution in [1.82, 2.24) is 0 Å². The van der Waals surface area contributed by atoms with E-state index in [0.29, 0.717) is 0 Å². The molecular weight excluding hydrogens is 185 g/mol. The number of hydrogen-bond acceptors (Lipinski definition) is 3. The van der Waals surface area contributed by atoms with Crippen LogP contribution in [0.5, 0.6) is 0 Å². The molecule has 0 amide bonds. The molecule has 0 aliphatic carbocycles. The summed E-state index contributed by atoms with van der Waals surface area (Å²) in [6.45, 7) is 1.28. The smallest absolute Gasteiger partial charge is 0.159 e. The molecule has 3 nitrogen and oxygen atoms in total. The van der Waals surface area contributed by atoms with Gasteiger partial charge in [0.15, 0.2) is 17.9 Å². The fraction of sp³-hybridized carbons (Fsp3) is 0.100. The Kier molecular flexibility index (Phi) is 2.73. The van der Waals surface area contributed by atoms with Crippen molar-refractivity contribution in [3.05, 3.63) is 34.6 Å². The maximum Gasteiger partial charge on any atom is 0.159 e. The van der Waals surface area contributed by atoms with Crippen LogP contribution in [0.2, 0.25) is 0 Å². The van der Waals surface area contributed by atoms with Gasteiger partial charge in [0.25, 0.3) is 0 Å². The zero-order valence-corrected chi connectivity index (χ0v) is 7.37. The second-order valence-corrected chi connectivity index (χ2v) is 2.71. The molecule has 70 valence electrons. The van der Waals surface area contributed by atoms with E-state index in [1.807, 2.05) is 0 Å². The summed E-state index contributed by atoms with van der Waals surface area (Å²) in [4.78, 5) is 21.4. The van der Waals surface area contributed by atoms with Crippen molar-refractivity contribution in [1.29, 1.82) is 5.26 Å². The van der Waals surface area contributed by atoms with Gasteiger partial charge in [-0.25, -0.2) is 4.39 Å². The van der Waals surface area contributed by atoms with Gasteiger partial charge in [0.1, 0.15) is 6.07 Å². The molecule has 0 aliphatic heterocycles. The summed E-state index contributed by atoms with van der Waals surface area (Å²) >= 11 is 0. The number of halogens is 1. The number of ketones is 1. The number of hydrogen-bond donors (Lipinski definition) is 0. The lowest BCUT2D eigenvalue weighted by atomic mass is 10.0. The van der Waals surface area contributed by atoms with Gasteiger partial charge in [0.05, 0.1) is 11.1 Å². The largest absolute Gasteiger partial charge is 0.298 e. The molecule has 1 rings (SSSR count). The molecule has 0 spiro atoms. The molecule has 1 aromatic carbocycles. The highest BCUT2D eigenvalue weighted by Crippen LogP contribution is 2.14. The Morgan fingerprint density at radius 2 is 2.21 bits per heavy atom. The molecule has 0 atom stereocenters. The van der Waals surface area contributed by atoms with Crippen LogP contribution in [0.25, 0.3) is 0 Å². The molecular formula is C10H6FNO2. The summed E-state index contributed by atoms with van der Waals surface area (Å²) in [7, 11) is 0. The van der Waals surface area contributed by atoms with Crippen LogP contribution in [0.1, 0.15) is 33.2 Å². The number of nitriles is 1. The number of rotatable bonds is 2. The minimum Gasteiger partial charge on any atom is -0.298 e. The van der Waals surface area contributed by atoms with Crippen LogP contribution in [0.15, 0.2) is 12.1 Å². The lowest BCUT2D eigenvalue weighted by Crippen LogP contribution is -1.99. The predicted molar refractivity (Wildman–Crippen MR) is 46.5 cm³/mol. The molecule has 0 saturated heterocycles. The van der Waals surface area contributed by atoms with E-state index in [-0.39, 0.29) is 28.8 Å². The van der Waals surface area contributed by atoms with Gasteiger partial charge in [-0.05, 0) is 19.1 Å². The Balaban J connectivity index is 3.49. The number of Topliss-reactive ketones (excluding diaryl/α,β-unsaturated/α-hetero) is 1. The summed E-state index contributed by atoms with van der Waals surface area (Å²) in [6, 6.07) is 3.84. The molecule has 1 aromatic rings. The van der Waals surface area contributed by atoms with Crippen molar-refractivity contribution in [2.24, 2.45) is 0 Å². The zero-order chi connectivity index (χ0) is 10.7. The summed E-state index contributed by atoms with van der Waals surface area (Å²) < 4.78 is 13.2. The number of carbonyl (C=O) groups is 2. The Morgan fingerprint density at radius 1 is 1.57 bits per heavy atom. The molecule has 0 unspecified atom stereocenters. The molecule has 0 aromatic heterocycles. The summed E-state index contributed by atoms with van der Waals surface area (Å²) in [6.07, 6.45) is 0.280. The van der Waals surface area contributed by atoms with E-state index in [9.17, 15) is 14.0 Å². The van der Waals surface area contributed by atoms with E-state index in [1.54, 1.807) is 6.07 Å². The highest BCUT2D eigenvalue weighted by Gasteiger charge is 2.11. The fourth-order valence-electron chi connectivity index (χ4n) is 1.02. The average molecular weight is 191 g/mol. The molecule has 14 heavy (non-hydrogen) atoms. The lowest BCUT2D eigenvalue weighted by Gasteiger charge is -2.00. The number of aldehydes is 1. The van der Waals surface area contributed by atoms with E-state index in [4.69, 9.17) is 5.26 Å². The Labute approximate surface area is 79.8 Å². The van der Waals surface area contributed by atoms with Gasteiger partial charge in [-0.3, -0.25) is 9.59 Å². The molecule has 4 heteroatoms. The number of benzene rings is 1. The van der Waals surface area contributed by atoms with Crippen molar-refractivity contribution >= 4 is 12.1 Å². The van der Waals surface area contributed by atoms with Crippen LogP contribution in [0.3, 0.4) is 0 Å². The fourth-order valence-corrected chi connectivity index (χ4v) is 1.02. The van der Waals surface area contributed by atoms with Gasteiger partial charge in [0, 0.05) is 5.56 Å². The molecule has 0 aliphatic rings. The van der Waals surface area contributed by atoms with Crippen LogP contribution in [0.4, 0.5) is 4.39 Å². The standard InChI is InChI=1S/C10H6FNO2/c1-6(14)7-2-8(4-12)10(11)9(3-7)5-13/h2-3,5H,1H3. The number of carbonyl (C=O) groups excluding carboxylic acids is 2. The van der Waals surface area contributed by atoms with Gasteiger partial charge in [-0.2, -0.15) is 5.26 Å². The third-order valence-electron chi connectivity index (χ3n) is 1.75. The normalized spacial score (nSPS) is 9.21. The van der Waals surface area contributed by atoms with Gasteiger partial charge in [0.2, 0.25) is 0 Å². The SMILES string of the molecule is CC(=O)c1cc(C#N)c(F)c(C=O)c1. The Hall–Kier alpha value is -2.02. The monoisotopic (exact) mass is 191 g/mol. The Morgan fingerprint density at radius 3 is 2.64 bits per heavy atom. The average Bonchev–Trinajstić information content (AvgIpc) is 2.17. The highest BCUT2D eigenvalue weighted by atomic mass is 19.1. The zero-order valence-electron chi connectivity index (χ0n) is 7.37. The second-order valence-electron chi connectivity index (χ2n) is 2.71. The van der Waals surface area contributed by atoms with E-state index in [1.165, 1.54) is 6.92 Å². The van der Waals surface area contributed by atoms with Crippen LogP contribution in [0, 0.1) is 17.1 Å². The molecule has 0 bridgehead atoms. The van der Waals surface area contributed by atoms with Crippen LogP contribution in [-0.2, 0) is 0 Å². The minimum atomic E-state index is -0.882. The first-order valence-electron chi connectivity index (χ1n) is 3.80. The van der Waals surface area contributed by atoms with Crippen LogP contribution in [-0.4, -0.2) is 12.1 Å². The van der Waals surface area contributed by atoms with Gasteiger partial charge < -0.3 is 0 Å². The van der Waals surface area contributed by atoms with E-state index < -0.39 is 5.82 Å². The van der Waals surface area contributed by atoms with Crippen molar-refractivity contribution in [3.8, 4) is 6.07 Å². The summed E-state index contributed by atoms with van der Waals surface area (Å²) in [5.41, 5.74) is -0.404. The van der Waals surface area contributed by atoms with Crippen molar-refractivity contribution in [2.75, 3.05) is 0 Å². The third-order valence-corrected chi connectivity index (χ3v) is 1.75. The topological polar surface area (TPSA) is 57.9 Å². The number of nitrogens with zero attached hydrogens (tertiary/aromatic N) is 1. The van der Waals surface area contributed by atoms with E-state index in [2.05, 4.69) is 0 Å². The molecule has 0 radical (unpaired) electrons. The first kappa shape index (κ1) is 10.1. The highest BCUT2D eigenvalue weighted by molar-refractivity contribution is 5.96. The van der Waals surface area contributed by atoms with Gasteiger partial charge in [-0.15, -0.1) is 0 Å². The maximum absolute atomic E-state index is 13.2. The molecule has 0 fully saturated rings. The lowest BCUT2D eigenvalue weighted by molar-refractivity contribution is 0.101. The second kappa shape index (κ2) is 3.79. The Bertz CT molecular complexity index is 446. The molecule has 0 heterocycles. The first-order chi connectivity index (χ1) is 6.60. The van der Waals surface area contributed by atoms with Crippen molar-refractivity contribution in [3.63, 3.8) is 0 Å². The molecule has 0 saturated carbocycles. The first-order valence-corrected chi connectivity index (χ1v) is 3.80. The molecule has 0 N–H and O–H groups in total. The quantitative estimate of drug-likeness (QED) is 0.528. The predicted octanol–water partition coefficient (Wildman–Crippen LogP) is 1.71. The van der Waals surface area contributed by atoms with E-state index in [0.717, 1.165) is 12.1 Å². The minimum absolute atomic E-state index is 0.157. The van der Waals surface area contributed by atoms with Gasteiger partial charge in [-0.1, -0.05) is 0 Å². The van der Waals surface area contributed by atoms with Gasteiger partial charge >= 0.3 is 0 Å². The van der Waals surface area contributed by atoms with Crippen LogP contribution >= 0.6 is 0 Å². The van der Waals surface area contributed by atoms with E-state index >= 15 is 0 Å². The summed E-state index contributed by atoms with van der Waals surface area (Å²) in [5, 5.41) is 8.53. The van der Waals surface area contributed by atoms with Crippen LogP contribution < -0.4 is 0 Å².